The number of carbonyl (C=O) groups excluding carboxylic acids is 1. The lowest BCUT2D eigenvalue weighted by molar-refractivity contribution is -0.132. The Kier molecular flexibility index (Phi) is 5.28. The molecule has 0 saturated carbocycles. The van der Waals surface area contributed by atoms with Gasteiger partial charge in [-0.15, -0.1) is 0 Å². The van der Waals surface area contributed by atoms with Gasteiger partial charge < -0.3 is 10.6 Å². The van der Waals surface area contributed by atoms with E-state index in [0.717, 1.165) is 30.8 Å². The summed E-state index contributed by atoms with van der Waals surface area (Å²) in [5.74, 6) is 1.13. The van der Waals surface area contributed by atoms with Crippen molar-refractivity contribution in [1.82, 2.24) is 4.90 Å². The van der Waals surface area contributed by atoms with E-state index >= 15 is 0 Å². The highest BCUT2D eigenvalue weighted by molar-refractivity contribution is 8.00. The fraction of sp³-hybridized carbons (Fsp3) is 0.533. The summed E-state index contributed by atoms with van der Waals surface area (Å²) in [5, 5.41) is 0.571. The van der Waals surface area contributed by atoms with Crippen LogP contribution in [0.25, 0.3) is 0 Å². The van der Waals surface area contributed by atoms with Crippen molar-refractivity contribution in [3.8, 4) is 0 Å². The highest BCUT2D eigenvalue weighted by Gasteiger charge is 2.26. The first-order valence-electron chi connectivity index (χ1n) is 6.90. The van der Waals surface area contributed by atoms with Crippen molar-refractivity contribution in [3.63, 3.8) is 0 Å². The maximum Gasteiger partial charge on any atom is 0.239 e. The lowest BCUT2D eigenvalue weighted by atomic mass is 10.1. The van der Waals surface area contributed by atoms with Gasteiger partial charge in [0.05, 0.1) is 6.04 Å². The van der Waals surface area contributed by atoms with Crippen LogP contribution < -0.4 is 5.73 Å². The monoisotopic (exact) mass is 278 g/mol. The number of hydrogen-bond acceptors (Lipinski definition) is 3. The van der Waals surface area contributed by atoms with E-state index in [2.05, 4.69) is 6.92 Å². The molecule has 1 fully saturated rings. The molecule has 104 valence electrons. The highest BCUT2D eigenvalue weighted by Crippen LogP contribution is 2.21. The molecule has 1 heterocycles. The molecule has 0 aromatic heterocycles. The summed E-state index contributed by atoms with van der Waals surface area (Å²) in [6.45, 7) is 3.86. The number of rotatable bonds is 4. The molecular weight excluding hydrogens is 256 g/mol. The Balaban J connectivity index is 1.91. The zero-order chi connectivity index (χ0) is 13.7. The summed E-state index contributed by atoms with van der Waals surface area (Å²) in [5.41, 5.74) is 7.20. The van der Waals surface area contributed by atoms with Crippen LogP contribution >= 0.6 is 11.8 Å². The van der Waals surface area contributed by atoms with Crippen molar-refractivity contribution in [2.45, 2.75) is 31.1 Å². The quantitative estimate of drug-likeness (QED) is 0.915. The largest absolute Gasteiger partial charge is 0.339 e. The van der Waals surface area contributed by atoms with Crippen molar-refractivity contribution >= 4 is 17.7 Å². The summed E-state index contributed by atoms with van der Waals surface area (Å²) in [7, 11) is 0. The predicted octanol–water partition coefficient (Wildman–Crippen LogP) is 1.91. The molecular formula is C15H22N2OS. The minimum Gasteiger partial charge on any atom is -0.339 e. The minimum atomic E-state index is -0.414. The number of nitrogens with zero attached hydrogens (tertiary/aromatic N) is 1. The summed E-state index contributed by atoms with van der Waals surface area (Å²) < 4.78 is 0. The Bertz CT molecular complexity index is 410. The second kappa shape index (κ2) is 6.96. The van der Waals surface area contributed by atoms with Crippen LogP contribution in [0.2, 0.25) is 0 Å². The van der Waals surface area contributed by atoms with Crippen LogP contribution in [0.1, 0.15) is 18.9 Å². The predicted molar refractivity (Wildman–Crippen MR) is 81.2 cm³/mol. The van der Waals surface area contributed by atoms with E-state index in [1.54, 1.807) is 0 Å². The lowest BCUT2D eigenvalue weighted by Gasteiger charge is -2.33. The van der Waals surface area contributed by atoms with Crippen molar-refractivity contribution in [2.75, 3.05) is 18.8 Å². The third-order valence-electron chi connectivity index (χ3n) is 3.52. The van der Waals surface area contributed by atoms with E-state index in [1.165, 1.54) is 0 Å². The Hall–Kier alpha value is -1.00. The zero-order valence-electron chi connectivity index (χ0n) is 11.4. The molecule has 0 bridgehead atoms. The average Bonchev–Trinajstić information content (AvgIpc) is 2.47. The highest BCUT2D eigenvalue weighted by atomic mass is 32.2. The van der Waals surface area contributed by atoms with Gasteiger partial charge in [0, 0.05) is 24.1 Å². The first kappa shape index (κ1) is 14.4. The second-order valence-electron chi connectivity index (χ2n) is 4.98. The number of thioether (sulfide) groups is 1. The van der Waals surface area contributed by atoms with Crippen LogP contribution in [0.4, 0.5) is 0 Å². The molecule has 0 spiro atoms. The first-order chi connectivity index (χ1) is 9.20. The molecule has 1 amide bonds. The maximum atomic E-state index is 12.4. The van der Waals surface area contributed by atoms with E-state index in [9.17, 15) is 4.79 Å². The van der Waals surface area contributed by atoms with Gasteiger partial charge in [0.2, 0.25) is 5.91 Å². The van der Waals surface area contributed by atoms with Crippen LogP contribution in [0.5, 0.6) is 0 Å². The molecule has 2 atom stereocenters. The standard InChI is InChI=1S/C15H22N2OS/c1-2-13-11-17(8-9-19-13)15(18)14(16)10-12-6-4-3-5-7-12/h3-7,13-14H,2,8-11,16H2,1H3/t13?,14-/m0/s1. The Labute approximate surface area is 119 Å². The average molecular weight is 278 g/mol. The molecule has 1 aliphatic rings. The van der Waals surface area contributed by atoms with Gasteiger partial charge in [-0.25, -0.2) is 0 Å². The molecule has 4 heteroatoms. The molecule has 1 aliphatic heterocycles. The van der Waals surface area contributed by atoms with E-state index in [4.69, 9.17) is 5.73 Å². The molecule has 19 heavy (non-hydrogen) atoms. The van der Waals surface area contributed by atoms with Crippen LogP contribution in [0.15, 0.2) is 30.3 Å². The molecule has 1 aromatic rings. The molecule has 0 radical (unpaired) electrons. The summed E-state index contributed by atoms with van der Waals surface area (Å²) in [6, 6.07) is 9.57. The summed E-state index contributed by atoms with van der Waals surface area (Å²) >= 11 is 1.97. The minimum absolute atomic E-state index is 0.0996. The SMILES string of the molecule is CCC1CN(C(=O)[C@@H](N)Cc2ccccc2)CCS1. The van der Waals surface area contributed by atoms with E-state index in [0.29, 0.717) is 11.7 Å². The molecule has 0 aliphatic carbocycles. The van der Waals surface area contributed by atoms with Gasteiger partial charge in [-0.1, -0.05) is 37.3 Å². The number of amides is 1. The van der Waals surface area contributed by atoms with Crippen LogP contribution in [0.3, 0.4) is 0 Å². The van der Waals surface area contributed by atoms with E-state index in [1.807, 2.05) is 47.0 Å². The molecule has 1 unspecified atom stereocenters. The molecule has 2 N–H and O–H groups in total. The summed E-state index contributed by atoms with van der Waals surface area (Å²) in [4.78, 5) is 14.3. The van der Waals surface area contributed by atoms with Crippen molar-refractivity contribution in [3.05, 3.63) is 35.9 Å². The Morgan fingerprint density at radius 3 is 2.89 bits per heavy atom. The van der Waals surface area contributed by atoms with Crippen LogP contribution in [0, 0.1) is 0 Å². The van der Waals surface area contributed by atoms with Crippen molar-refractivity contribution < 1.29 is 4.79 Å². The number of hydrogen-bond donors (Lipinski definition) is 1. The van der Waals surface area contributed by atoms with Crippen LogP contribution in [-0.4, -0.2) is 40.9 Å². The van der Waals surface area contributed by atoms with E-state index < -0.39 is 6.04 Å². The van der Waals surface area contributed by atoms with Crippen molar-refractivity contribution in [2.24, 2.45) is 5.73 Å². The van der Waals surface area contributed by atoms with Crippen LogP contribution in [-0.2, 0) is 11.2 Å². The lowest BCUT2D eigenvalue weighted by Crippen LogP contribution is -2.49. The van der Waals surface area contributed by atoms with Crippen molar-refractivity contribution in [1.29, 1.82) is 0 Å². The maximum absolute atomic E-state index is 12.4. The third kappa shape index (κ3) is 3.98. The van der Waals surface area contributed by atoms with Gasteiger partial charge in [-0.05, 0) is 18.4 Å². The second-order valence-corrected chi connectivity index (χ2v) is 6.39. The number of benzene rings is 1. The Morgan fingerprint density at radius 1 is 1.47 bits per heavy atom. The molecule has 3 nitrogen and oxygen atoms in total. The van der Waals surface area contributed by atoms with Gasteiger partial charge in [-0.3, -0.25) is 4.79 Å². The number of nitrogens with two attached hydrogens (primary N) is 1. The molecule has 2 rings (SSSR count). The van der Waals surface area contributed by atoms with Gasteiger partial charge in [0.25, 0.3) is 0 Å². The van der Waals surface area contributed by atoms with Gasteiger partial charge in [0.1, 0.15) is 0 Å². The number of carbonyl (C=O) groups is 1. The van der Waals surface area contributed by atoms with Gasteiger partial charge >= 0.3 is 0 Å². The van der Waals surface area contributed by atoms with Gasteiger partial charge in [-0.2, -0.15) is 11.8 Å². The smallest absolute Gasteiger partial charge is 0.239 e. The van der Waals surface area contributed by atoms with Gasteiger partial charge in [0.15, 0.2) is 0 Å². The molecule has 1 saturated heterocycles. The topological polar surface area (TPSA) is 46.3 Å². The summed E-state index contributed by atoms with van der Waals surface area (Å²) in [6.07, 6.45) is 1.74. The Morgan fingerprint density at radius 2 is 2.21 bits per heavy atom. The normalized spacial score (nSPS) is 21.2. The third-order valence-corrected chi connectivity index (χ3v) is 4.89. The first-order valence-corrected chi connectivity index (χ1v) is 7.95. The fourth-order valence-electron chi connectivity index (χ4n) is 2.36. The fourth-order valence-corrected chi connectivity index (χ4v) is 3.54. The van der Waals surface area contributed by atoms with E-state index in [-0.39, 0.29) is 5.91 Å². The zero-order valence-corrected chi connectivity index (χ0v) is 12.2. The molecule has 1 aromatic carbocycles.